The fourth-order valence-electron chi connectivity index (χ4n) is 2.22. The molecule has 2 saturated heterocycles. The molecule has 0 radical (unpaired) electrons. The van der Waals surface area contributed by atoms with E-state index < -0.39 is 0 Å². The maximum absolute atomic E-state index is 5.90. The van der Waals surface area contributed by atoms with Crippen LogP contribution in [-0.4, -0.2) is 50.3 Å². The fraction of sp³-hybridized carbons (Fsp3) is 1.00. The van der Waals surface area contributed by atoms with Crippen molar-refractivity contribution >= 4 is 0 Å². The molecular formula is C10H22N2O. The summed E-state index contributed by atoms with van der Waals surface area (Å²) in [5.41, 5.74) is 0.193. The molecule has 3 nitrogen and oxygen atoms in total. The summed E-state index contributed by atoms with van der Waals surface area (Å²) in [5.74, 6) is 0. The molecular weight excluding hydrogens is 164 g/mol. The number of morpholine rings is 1. The number of piperidine rings is 1. The smallest absolute Gasteiger partial charge is 0.0833 e. The molecule has 1 N–H and O–H groups in total. The molecule has 2 heterocycles. The third kappa shape index (κ3) is 2.42. The summed E-state index contributed by atoms with van der Waals surface area (Å²) in [6.07, 6.45) is 2.36. The van der Waals surface area contributed by atoms with Crippen LogP contribution in [0.25, 0.3) is 0 Å². The Balaban J connectivity index is 0.000000845. The first kappa shape index (κ1) is 11.0. The molecule has 0 bridgehead atoms. The summed E-state index contributed by atoms with van der Waals surface area (Å²) < 4.78 is 5.90. The number of ether oxygens (including phenoxy) is 1. The van der Waals surface area contributed by atoms with Crippen molar-refractivity contribution in [1.82, 2.24) is 10.2 Å². The minimum Gasteiger partial charge on any atom is -0.372 e. The summed E-state index contributed by atoms with van der Waals surface area (Å²) in [7, 11) is 2.19. The van der Waals surface area contributed by atoms with Gasteiger partial charge >= 0.3 is 0 Å². The highest BCUT2D eigenvalue weighted by atomic mass is 16.5. The summed E-state index contributed by atoms with van der Waals surface area (Å²) in [5, 5.41) is 3.37. The van der Waals surface area contributed by atoms with Crippen molar-refractivity contribution in [3.05, 3.63) is 0 Å². The molecule has 78 valence electrons. The molecule has 0 unspecified atom stereocenters. The zero-order valence-corrected chi connectivity index (χ0v) is 7.81. The second-order valence-corrected chi connectivity index (χ2v) is 4.02. The van der Waals surface area contributed by atoms with E-state index in [0.717, 1.165) is 32.8 Å². The lowest BCUT2D eigenvalue weighted by Gasteiger charge is -2.44. The van der Waals surface area contributed by atoms with E-state index in [1.54, 1.807) is 0 Å². The van der Waals surface area contributed by atoms with Gasteiger partial charge in [-0.25, -0.2) is 0 Å². The third-order valence-corrected chi connectivity index (χ3v) is 2.95. The Morgan fingerprint density at radius 1 is 1.31 bits per heavy atom. The van der Waals surface area contributed by atoms with Crippen LogP contribution in [-0.2, 0) is 4.74 Å². The van der Waals surface area contributed by atoms with Gasteiger partial charge in [-0.2, -0.15) is 0 Å². The van der Waals surface area contributed by atoms with Crippen LogP contribution in [0.15, 0.2) is 0 Å². The predicted octanol–water partition coefficient (Wildman–Crippen LogP) is 0.707. The molecule has 0 saturated carbocycles. The van der Waals surface area contributed by atoms with E-state index in [2.05, 4.69) is 17.3 Å². The van der Waals surface area contributed by atoms with E-state index in [1.807, 2.05) is 0 Å². The van der Waals surface area contributed by atoms with Gasteiger partial charge in [0.2, 0.25) is 0 Å². The van der Waals surface area contributed by atoms with Gasteiger partial charge in [-0.1, -0.05) is 7.43 Å². The number of hydrogen-bond acceptors (Lipinski definition) is 3. The Kier molecular flexibility index (Phi) is 3.71. The first-order chi connectivity index (χ1) is 5.81. The number of likely N-dealkylation sites (N-methyl/N-ethyl adjacent to an activating group) is 1. The minimum absolute atomic E-state index is 0. The maximum atomic E-state index is 5.90. The molecule has 0 aromatic carbocycles. The molecule has 2 aliphatic heterocycles. The third-order valence-electron chi connectivity index (χ3n) is 2.95. The van der Waals surface area contributed by atoms with Crippen molar-refractivity contribution < 1.29 is 4.74 Å². The van der Waals surface area contributed by atoms with Crippen LogP contribution in [0.1, 0.15) is 20.3 Å². The predicted molar refractivity (Wildman–Crippen MR) is 55.0 cm³/mol. The highest BCUT2D eigenvalue weighted by Gasteiger charge is 2.36. The quantitative estimate of drug-likeness (QED) is 0.603. The van der Waals surface area contributed by atoms with E-state index >= 15 is 0 Å². The van der Waals surface area contributed by atoms with Gasteiger partial charge in [0.05, 0.1) is 12.2 Å². The van der Waals surface area contributed by atoms with Crippen LogP contribution in [0.5, 0.6) is 0 Å². The zero-order chi connectivity index (χ0) is 8.44. The highest BCUT2D eigenvalue weighted by Crippen LogP contribution is 2.26. The summed E-state index contributed by atoms with van der Waals surface area (Å²) in [6.45, 7) is 5.36. The zero-order valence-electron chi connectivity index (χ0n) is 7.81. The number of nitrogens with zero attached hydrogens (tertiary/aromatic N) is 1. The van der Waals surface area contributed by atoms with Gasteiger partial charge in [-0.3, -0.25) is 0 Å². The Bertz CT molecular complexity index is 149. The molecule has 13 heavy (non-hydrogen) atoms. The standard InChI is InChI=1S/C9H18N2O.CH4/c1-11-6-7-12-9(8-11)2-4-10-5-3-9;/h10H,2-8H2,1H3;1H4. The summed E-state index contributed by atoms with van der Waals surface area (Å²) in [4.78, 5) is 2.38. The first-order valence-corrected chi connectivity index (χ1v) is 4.84. The molecule has 2 aliphatic rings. The van der Waals surface area contributed by atoms with Crippen LogP contribution in [0, 0.1) is 0 Å². The monoisotopic (exact) mass is 186 g/mol. The van der Waals surface area contributed by atoms with E-state index in [4.69, 9.17) is 4.74 Å². The van der Waals surface area contributed by atoms with Crippen molar-refractivity contribution in [2.45, 2.75) is 25.9 Å². The normalized spacial score (nSPS) is 28.4. The lowest BCUT2D eigenvalue weighted by molar-refractivity contribution is -0.117. The van der Waals surface area contributed by atoms with Crippen molar-refractivity contribution in [2.24, 2.45) is 0 Å². The van der Waals surface area contributed by atoms with Gasteiger partial charge in [0.15, 0.2) is 0 Å². The Hall–Kier alpha value is -0.120. The van der Waals surface area contributed by atoms with Crippen molar-refractivity contribution in [1.29, 1.82) is 0 Å². The molecule has 0 aromatic rings. The Morgan fingerprint density at radius 3 is 2.62 bits per heavy atom. The van der Waals surface area contributed by atoms with Crippen LogP contribution >= 0.6 is 0 Å². The molecule has 0 aliphatic carbocycles. The first-order valence-electron chi connectivity index (χ1n) is 4.84. The molecule has 0 aromatic heterocycles. The molecule has 0 atom stereocenters. The fourth-order valence-corrected chi connectivity index (χ4v) is 2.22. The van der Waals surface area contributed by atoms with E-state index in [0.29, 0.717) is 0 Å². The second kappa shape index (κ2) is 4.40. The summed E-state index contributed by atoms with van der Waals surface area (Å²) >= 11 is 0. The lowest BCUT2D eigenvalue weighted by atomic mass is 9.90. The Morgan fingerprint density at radius 2 is 2.00 bits per heavy atom. The molecule has 3 heteroatoms. The van der Waals surface area contributed by atoms with E-state index in [-0.39, 0.29) is 13.0 Å². The van der Waals surface area contributed by atoms with Crippen LogP contribution in [0.2, 0.25) is 0 Å². The highest BCUT2D eigenvalue weighted by molar-refractivity contribution is 4.90. The van der Waals surface area contributed by atoms with Crippen LogP contribution < -0.4 is 5.32 Å². The second-order valence-electron chi connectivity index (χ2n) is 4.02. The van der Waals surface area contributed by atoms with Gasteiger partial charge in [0.1, 0.15) is 0 Å². The molecule has 2 fully saturated rings. The van der Waals surface area contributed by atoms with Crippen LogP contribution in [0.3, 0.4) is 0 Å². The van der Waals surface area contributed by atoms with E-state index in [9.17, 15) is 0 Å². The number of nitrogens with one attached hydrogen (secondary N) is 1. The maximum Gasteiger partial charge on any atom is 0.0833 e. The SMILES string of the molecule is C.CN1CCOC2(CCNCC2)C1. The average molecular weight is 186 g/mol. The Labute approximate surface area is 81.4 Å². The van der Waals surface area contributed by atoms with Crippen molar-refractivity contribution in [2.75, 3.05) is 39.8 Å². The minimum atomic E-state index is 0. The topological polar surface area (TPSA) is 24.5 Å². The largest absolute Gasteiger partial charge is 0.372 e. The molecule has 2 rings (SSSR count). The van der Waals surface area contributed by atoms with Crippen molar-refractivity contribution in [3.63, 3.8) is 0 Å². The van der Waals surface area contributed by atoms with E-state index in [1.165, 1.54) is 12.8 Å². The van der Waals surface area contributed by atoms with Gasteiger partial charge in [0.25, 0.3) is 0 Å². The average Bonchev–Trinajstić information content (AvgIpc) is 2.05. The lowest BCUT2D eigenvalue weighted by Crippen LogP contribution is -2.55. The summed E-state index contributed by atoms with van der Waals surface area (Å²) in [6, 6.07) is 0. The van der Waals surface area contributed by atoms with Gasteiger partial charge in [-0.05, 0) is 33.0 Å². The van der Waals surface area contributed by atoms with Gasteiger partial charge in [0, 0.05) is 13.1 Å². The molecule has 0 amide bonds. The number of hydrogen-bond donors (Lipinski definition) is 1. The van der Waals surface area contributed by atoms with Crippen molar-refractivity contribution in [3.8, 4) is 0 Å². The van der Waals surface area contributed by atoms with Crippen LogP contribution in [0.4, 0.5) is 0 Å². The van der Waals surface area contributed by atoms with Gasteiger partial charge in [-0.15, -0.1) is 0 Å². The molecule has 1 spiro atoms. The van der Waals surface area contributed by atoms with Gasteiger partial charge < -0.3 is 15.0 Å². The number of rotatable bonds is 0.